The van der Waals surface area contributed by atoms with E-state index in [0.717, 1.165) is 25.7 Å². The Morgan fingerprint density at radius 2 is 1.68 bits per heavy atom. The number of carbonyl (C=O) groups is 1. The number of sulfonamides is 1. The number of amides is 1. The van der Waals surface area contributed by atoms with Crippen molar-refractivity contribution in [3.63, 3.8) is 0 Å². The maximum Gasteiger partial charge on any atom is 0.245 e. The number of piperidine rings is 1. The maximum absolute atomic E-state index is 13.2. The SMILES string of the molecule is O=C(C1CCCCC1)N1CCC2(CC1)OCCN2S(=O)(=O)c1ccc(Cl)cc1. The van der Waals surface area contributed by atoms with E-state index in [1.165, 1.54) is 22.9 Å². The lowest BCUT2D eigenvalue weighted by atomic mass is 9.87. The van der Waals surface area contributed by atoms with E-state index < -0.39 is 15.7 Å². The fourth-order valence-electron chi connectivity index (χ4n) is 4.75. The van der Waals surface area contributed by atoms with Gasteiger partial charge in [0.1, 0.15) is 5.72 Å². The van der Waals surface area contributed by atoms with Crippen molar-refractivity contribution in [2.24, 2.45) is 5.92 Å². The van der Waals surface area contributed by atoms with Gasteiger partial charge in [0.25, 0.3) is 0 Å². The Labute approximate surface area is 171 Å². The summed E-state index contributed by atoms with van der Waals surface area (Å²) < 4.78 is 33.9. The van der Waals surface area contributed by atoms with Gasteiger partial charge in [-0.1, -0.05) is 30.9 Å². The second-order valence-electron chi connectivity index (χ2n) is 7.99. The number of benzene rings is 1. The average Bonchev–Trinajstić information content (AvgIpc) is 3.13. The summed E-state index contributed by atoms with van der Waals surface area (Å²) in [4.78, 5) is 15.0. The molecule has 0 unspecified atom stereocenters. The predicted octanol–water partition coefficient (Wildman–Crippen LogP) is 3.26. The Kier molecular flexibility index (Phi) is 5.71. The van der Waals surface area contributed by atoms with E-state index in [2.05, 4.69) is 0 Å². The van der Waals surface area contributed by atoms with Crippen molar-refractivity contribution in [2.45, 2.75) is 55.6 Å². The number of rotatable bonds is 3. The van der Waals surface area contributed by atoms with Crippen molar-refractivity contribution < 1.29 is 17.9 Å². The van der Waals surface area contributed by atoms with Crippen LogP contribution in [0.5, 0.6) is 0 Å². The van der Waals surface area contributed by atoms with Crippen molar-refractivity contribution in [3.8, 4) is 0 Å². The predicted molar refractivity (Wildman–Crippen MR) is 106 cm³/mol. The van der Waals surface area contributed by atoms with Crippen LogP contribution >= 0.6 is 11.6 Å². The molecule has 1 aromatic rings. The molecule has 4 rings (SSSR count). The van der Waals surface area contributed by atoms with Gasteiger partial charge in [-0.15, -0.1) is 0 Å². The van der Waals surface area contributed by atoms with Crippen molar-refractivity contribution in [2.75, 3.05) is 26.2 Å². The zero-order chi connectivity index (χ0) is 19.8. The van der Waals surface area contributed by atoms with E-state index in [0.29, 0.717) is 44.1 Å². The number of hydrogen-bond acceptors (Lipinski definition) is 4. The number of carbonyl (C=O) groups excluding carboxylic acids is 1. The van der Waals surface area contributed by atoms with Gasteiger partial charge in [0, 0.05) is 43.4 Å². The maximum atomic E-state index is 13.2. The molecule has 28 heavy (non-hydrogen) atoms. The molecule has 6 nitrogen and oxygen atoms in total. The molecule has 3 fully saturated rings. The average molecular weight is 427 g/mol. The first-order valence-electron chi connectivity index (χ1n) is 10.1. The molecule has 1 aliphatic carbocycles. The highest BCUT2D eigenvalue weighted by atomic mass is 35.5. The Morgan fingerprint density at radius 1 is 1.04 bits per heavy atom. The molecule has 0 radical (unpaired) electrons. The third kappa shape index (κ3) is 3.70. The fraction of sp³-hybridized carbons (Fsp3) is 0.650. The van der Waals surface area contributed by atoms with Crippen molar-refractivity contribution in [3.05, 3.63) is 29.3 Å². The molecule has 0 atom stereocenters. The Balaban J connectivity index is 1.48. The van der Waals surface area contributed by atoms with E-state index in [-0.39, 0.29) is 16.7 Å². The lowest BCUT2D eigenvalue weighted by Gasteiger charge is -2.43. The highest BCUT2D eigenvalue weighted by Crippen LogP contribution is 2.39. The van der Waals surface area contributed by atoms with Crippen molar-refractivity contribution in [1.82, 2.24) is 9.21 Å². The number of nitrogens with zero attached hydrogens (tertiary/aromatic N) is 2. The third-order valence-electron chi connectivity index (χ3n) is 6.33. The molecule has 0 bridgehead atoms. The summed E-state index contributed by atoms with van der Waals surface area (Å²) in [6, 6.07) is 6.24. The molecule has 1 amide bonds. The van der Waals surface area contributed by atoms with Crippen LogP contribution in [-0.2, 0) is 19.6 Å². The first-order chi connectivity index (χ1) is 13.4. The van der Waals surface area contributed by atoms with Crippen LogP contribution in [0.1, 0.15) is 44.9 Å². The van der Waals surface area contributed by atoms with Crippen molar-refractivity contribution in [1.29, 1.82) is 0 Å². The minimum atomic E-state index is -3.68. The summed E-state index contributed by atoms with van der Waals surface area (Å²) in [7, 11) is -3.68. The van der Waals surface area contributed by atoms with Crippen molar-refractivity contribution >= 4 is 27.5 Å². The smallest absolute Gasteiger partial charge is 0.245 e. The van der Waals surface area contributed by atoms with E-state index in [9.17, 15) is 13.2 Å². The molecule has 3 aliphatic rings. The largest absolute Gasteiger partial charge is 0.358 e. The first kappa shape index (κ1) is 20.1. The number of ether oxygens (including phenoxy) is 1. The van der Waals surface area contributed by atoms with Gasteiger partial charge >= 0.3 is 0 Å². The molecule has 8 heteroatoms. The van der Waals surface area contributed by atoms with Crippen LogP contribution in [-0.4, -0.2) is 55.5 Å². The molecule has 2 aliphatic heterocycles. The van der Waals surface area contributed by atoms with Gasteiger partial charge in [-0.25, -0.2) is 8.42 Å². The van der Waals surface area contributed by atoms with Crippen LogP contribution in [0.2, 0.25) is 5.02 Å². The summed E-state index contributed by atoms with van der Waals surface area (Å²) in [6.07, 6.45) is 6.46. The monoisotopic (exact) mass is 426 g/mol. The van der Waals surface area contributed by atoms with Crippen LogP contribution in [0, 0.1) is 5.92 Å². The van der Waals surface area contributed by atoms with Gasteiger partial charge in [-0.3, -0.25) is 4.79 Å². The number of hydrogen-bond donors (Lipinski definition) is 0. The molecule has 1 saturated carbocycles. The standard InChI is InChI=1S/C20H27ClN2O4S/c21-17-6-8-18(9-7-17)28(25,26)23-14-15-27-20(23)10-12-22(13-11-20)19(24)16-4-2-1-3-5-16/h6-9,16H,1-5,10-15H2. The Hall–Kier alpha value is -1.15. The van der Waals surface area contributed by atoms with Crippen LogP contribution in [0.4, 0.5) is 0 Å². The fourth-order valence-corrected chi connectivity index (χ4v) is 6.59. The second kappa shape index (κ2) is 7.94. The molecule has 1 aromatic carbocycles. The van der Waals surface area contributed by atoms with E-state index in [1.54, 1.807) is 12.1 Å². The third-order valence-corrected chi connectivity index (χ3v) is 8.55. The van der Waals surface area contributed by atoms with Crippen LogP contribution < -0.4 is 0 Å². The van der Waals surface area contributed by atoms with Crippen LogP contribution in [0.3, 0.4) is 0 Å². The molecule has 0 aromatic heterocycles. The van der Waals surface area contributed by atoms with Gasteiger partial charge < -0.3 is 9.64 Å². The molecule has 2 saturated heterocycles. The van der Waals surface area contributed by atoms with Gasteiger partial charge in [0.2, 0.25) is 15.9 Å². The molecule has 1 spiro atoms. The van der Waals surface area contributed by atoms with E-state index >= 15 is 0 Å². The molecular weight excluding hydrogens is 400 g/mol. The van der Waals surface area contributed by atoms with Gasteiger partial charge in [-0.05, 0) is 37.1 Å². The minimum absolute atomic E-state index is 0.140. The Morgan fingerprint density at radius 3 is 2.32 bits per heavy atom. The molecule has 154 valence electrons. The number of halogens is 1. The Bertz CT molecular complexity index is 813. The highest BCUT2D eigenvalue weighted by molar-refractivity contribution is 7.89. The van der Waals surface area contributed by atoms with Gasteiger partial charge in [0.05, 0.1) is 11.5 Å². The van der Waals surface area contributed by atoms with E-state index in [4.69, 9.17) is 16.3 Å². The summed E-state index contributed by atoms with van der Waals surface area (Å²) in [5.74, 6) is 0.376. The highest BCUT2D eigenvalue weighted by Gasteiger charge is 2.51. The zero-order valence-electron chi connectivity index (χ0n) is 16.0. The summed E-state index contributed by atoms with van der Waals surface area (Å²) in [5, 5.41) is 0.501. The zero-order valence-corrected chi connectivity index (χ0v) is 17.6. The van der Waals surface area contributed by atoms with Gasteiger partial charge in [0.15, 0.2) is 0 Å². The molecule has 0 N–H and O–H groups in total. The van der Waals surface area contributed by atoms with Crippen LogP contribution in [0.25, 0.3) is 0 Å². The minimum Gasteiger partial charge on any atom is -0.358 e. The summed E-state index contributed by atoms with van der Waals surface area (Å²) in [5.41, 5.74) is -0.845. The summed E-state index contributed by atoms with van der Waals surface area (Å²) >= 11 is 5.90. The van der Waals surface area contributed by atoms with Gasteiger partial charge in [-0.2, -0.15) is 4.31 Å². The normalized spacial score (nSPS) is 24.0. The summed E-state index contributed by atoms with van der Waals surface area (Å²) in [6.45, 7) is 1.80. The molecular formula is C20H27ClN2O4S. The lowest BCUT2D eigenvalue weighted by molar-refractivity contribution is -0.145. The lowest BCUT2D eigenvalue weighted by Crippen LogP contribution is -2.56. The number of likely N-dealkylation sites (tertiary alicyclic amines) is 1. The quantitative estimate of drug-likeness (QED) is 0.744. The second-order valence-corrected chi connectivity index (χ2v) is 10.3. The topological polar surface area (TPSA) is 66.9 Å². The van der Waals surface area contributed by atoms with Crippen LogP contribution in [0.15, 0.2) is 29.2 Å². The van der Waals surface area contributed by atoms with E-state index in [1.807, 2.05) is 4.90 Å². The molecule has 2 heterocycles. The first-order valence-corrected chi connectivity index (χ1v) is 12.0.